The van der Waals surface area contributed by atoms with Crippen molar-refractivity contribution in [2.45, 2.75) is 6.54 Å². The van der Waals surface area contributed by atoms with Crippen LogP contribution in [0.5, 0.6) is 11.5 Å². The van der Waals surface area contributed by atoms with Gasteiger partial charge in [-0.3, -0.25) is 9.78 Å². The zero-order valence-electron chi connectivity index (χ0n) is 9.47. The van der Waals surface area contributed by atoms with E-state index in [2.05, 4.69) is 15.3 Å². The van der Waals surface area contributed by atoms with Gasteiger partial charge in [0.1, 0.15) is 0 Å². The third-order valence-corrected chi connectivity index (χ3v) is 2.57. The first-order chi connectivity index (χ1) is 8.81. The maximum absolute atomic E-state index is 11.1. The Morgan fingerprint density at radius 3 is 3.06 bits per heavy atom. The highest BCUT2D eigenvalue weighted by Crippen LogP contribution is 2.32. The van der Waals surface area contributed by atoms with Gasteiger partial charge in [0.15, 0.2) is 11.5 Å². The van der Waals surface area contributed by atoms with E-state index in [0.29, 0.717) is 12.5 Å². The molecule has 0 amide bonds. The van der Waals surface area contributed by atoms with Gasteiger partial charge in [0, 0.05) is 18.8 Å². The normalized spacial score (nSPS) is 12.4. The van der Waals surface area contributed by atoms with Crippen molar-refractivity contribution in [1.82, 2.24) is 9.97 Å². The zero-order chi connectivity index (χ0) is 12.4. The summed E-state index contributed by atoms with van der Waals surface area (Å²) in [6, 6.07) is 7.06. The van der Waals surface area contributed by atoms with Crippen LogP contribution in [0.25, 0.3) is 0 Å². The van der Waals surface area contributed by atoms with Crippen LogP contribution in [0.1, 0.15) is 5.56 Å². The molecule has 18 heavy (non-hydrogen) atoms. The van der Waals surface area contributed by atoms with Gasteiger partial charge in [0.25, 0.3) is 5.56 Å². The van der Waals surface area contributed by atoms with Crippen LogP contribution in [0.2, 0.25) is 0 Å². The number of hydrogen-bond acceptors (Lipinski definition) is 5. The highest BCUT2D eigenvalue weighted by Gasteiger charge is 2.12. The van der Waals surface area contributed by atoms with Gasteiger partial charge >= 0.3 is 0 Å². The molecule has 0 bridgehead atoms. The second-order valence-corrected chi connectivity index (χ2v) is 3.82. The minimum Gasteiger partial charge on any atom is -0.454 e. The maximum Gasteiger partial charge on any atom is 0.252 e. The largest absolute Gasteiger partial charge is 0.454 e. The Bertz CT molecular complexity index is 624. The summed E-state index contributed by atoms with van der Waals surface area (Å²) in [5.74, 6) is 1.94. The van der Waals surface area contributed by atoms with Crippen LogP contribution in [0.4, 0.5) is 5.95 Å². The molecule has 0 spiro atoms. The molecule has 1 aliphatic heterocycles. The van der Waals surface area contributed by atoms with Crippen LogP contribution in [0.15, 0.2) is 35.3 Å². The van der Waals surface area contributed by atoms with Crippen molar-refractivity contribution in [3.8, 4) is 11.5 Å². The lowest BCUT2D eigenvalue weighted by atomic mass is 10.2. The van der Waals surface area contributed by atoms with Gasteiger partial charge in [-0.25, -0.2) is 4.98 Å². The van der Waals surface area contributed by atoms with E-state index in [1.165, 1.54) is 12.3 Å². The molecule has 0 unspecified atom stereocenters. The number of rotatable bonds is 3. The molecule has 1 aliphatic rings. The van der Waals surface area contributed by atoms with Gasteiger partial charge < -0.3 is 14.8 Å². The molecule has 92 valence electrons. The van der Waals surface area contributed by atoms with Crippen molar-refractivity contribution in [1.29, 1.82) is 0 Å². The smallest absolute Gasteiger partial charge is 0.252 e. The van der Waals surface area contributed by atoms with Crippen LogP contribution in [-0.4, -0.2) is 16.8 Å². The number of benzene rings is 1. The summed E-state index contributed by atoms with van der Waals surface area (Å²) in [4.78, 5) is 17.7. The third kappa shape index (κ3) is 2.13. The highest BCUT2D eigenvalue weighted by atomic mass is 16.7. The summed E-state index contributed by atoms with van der Waals surface area (Å²) in [7, 11) is 0. The van der Waals surface area contributed by atoms with Gasteiger partial charge in [-0.1, -0.05) is 6.07 Å². The number of nitrogens with zero attached hydrogens (tertiary/aromatic N) is 1. The Kier molecular flexibility index (Phi) is 2.60. The lowest BCUT2D eigenvalue weighted by molar-refractivity contribution is 0.174. The van der Waals surface area contributed by atoms with Gasteiger partial charge in [-0.2, -0.15) is 0 Å². The number of anilines is 1. The summed E-state index contributed by atoms with van der Waals surface area (Å²) >= 11 is 0. The summed E-state index contributed by atoms with van der Waals surface area (Å²) in [6.45, 7) is 0.809. The zero-order valence-corrected chi connectivity index (χ0v) is 9.47. The molecular weight excluding hydrogens is 234 g/mol. The van der Waals surface area contributed by atoms with E-state index in [0.717, 1.165) is 17.1 Å². The molecule has 1 aromatic carbocycles. The fraction of sp³-hybridized carbons (Fsp3) is 0.167. The molecule has 1 aromatic heterocycles. The SMILES string of the molecule is O=c1ccnc(NCc2ccc3c(c2)OCO3)[nH]1. The molecule has 6 heteroatoms. The summed E-state index contributed by atoms with van der Waals surface area (Å²) in [6.07, 6.45) is 1.46. The first kappa shape index (κ1) is 10.6. The molecule has 2 N–H and O–H groups in total. The monoisotopic (exact) mass is 245 g/mol. The van der Waals surface area contributed by atoms with Crippen molar-refractivity contribution in [2.24, 2.45) is 0 Å². The Labute approximate surface area is 103 Å². The molecule has 0 radical (unpaired) electrons. The van der Waals surface area contributed by atoms with Crippen molar-refractivity contribution < 1.29 is 9.47 Å². The fourth-order valence-corrected chi connectivity index (χ4v) is 1.70. The Hall–Kier alpha value is -2.50. The number of aromatic nitrogens is 2. The van der Waals surface area contributed by atoms with E-state index >= 15 is 0 Å². The van der Waals surface area contributed by atoms with Gasteiger partial charge in [-0.05, 0) is 17.7 Å². The van der Waals surface area contributed by atoms with Crippen molar-refractivity contribution in [2.75, 3.05) is 12.1 Å². The molecule has 6 nitrogen and oxygen atoms in total. The maximum atomic E-state index is 11.1. The van der Waals surface area contributed by atoms with Crippen LogP contribution in [-0.2, 0) is 6.54 Å². The Balaban J connectivity index is 1.72. The average molecular weight is 245 g/mol. The average Bonchev–Trinajstić information content (AvgIpc) is 2.84. The number of fused-ring (bicyclic) bond motifs is 1. The number of H-pyrrole nitrogens is 1. The van der Waals surface area contributed by atoms with E-state index in [-0.39, 0.29) is 12.4 Å². The lowest BCUT2D eigenvalue weighted by Gasteiger charge is -2.05. The number of nitrogens with one attached hydrogen (secondary N) is 2. The first-order valence-corrected chi connectivity index (χ1v) is 5.49. The fourth-order valence-electron chi connectivity index (χ4n) is 1.70. The third-order valence-electron chi connectivity index (χ3n) is 2.57. The quantitative estimate of drug-likeness (QED) is 0.847. The highest BCUT2D eigenvalue weighted by molar-refractivity contribution is 5.45. The van der Waals surface area contributed by atoms with Gasteiger partial charge in [-0.15, -0.1) is 0 Å². The molecule has 2 heterocycles. The molecule has 0 atom stereocenters. The van der Waals surface area contributed by atoms with Crippen LogP contribution < -0.4 is 20.3 Å². The van der Waals surface area contributed by atoms with Crippen LogP contribution in [0, 0.1) is 0 Å². The van der Waals surface area contributed by atoms with Gasteiger partial charge in [0.2, 0.25) is 12.7 Å². The number of aromatic amines is 1. The minimum absolute atomic E-state index is 0.182. The molecule has 0 fully saturated rings. The minimum atomic E-state index is -0.182. The van der Waals surface area contributed by atoms with E-state index < -0.39 is 0 Å². The molecule has 0 aliphatic carbocycles. The van der Waals surface area contributed by atoms with Crippen molar-refractivity contribution in [3.05, 3.63) is 46.4 Å². The van der Waals surface area contributed by atoms with Crippen LogP contribution >= 0.6 is 0 Å². The van der Waals surface area contributed by atoms with E-state index in [9.17, 15) is 4.79 Å². The molecule has 2 aromatic rings. The Morgan fingerprint density at radius 1 is 1.28 bits per heavy atom. The van der Waals surface area contributed by atoms with E-state index in [1.54, 1.807) is 0 Å². The topological polar surface area (TPSA) is 76.2 Å². The number of hydrogen-bond donors (Lipinski definition) is 2. The van der Waals surface area contributed by atoms with E-state index in [4.69, 9.17) is 9.47 Å². The van der Waals surface area contributed by atoms with Crippen LogP contribution in [0.3, 0.4) is 0 Å². The molecule has 0 saturated carbocycles. The first-order valence-electron chi connectivity index (χ1n) is 5.49. The van der Waals surface area contributed by atoms with E-state index in [1.807, 2.05) is 18.2 Å². The Morgan fingerprint density at radius 2 is 2.17 bits per heavy atom. The van der Waals surface area contributed by atoms with Crippen molar-refractivity contribution >= 4 is 5.95 Å². The summed E-state index contributed by atoms with van der Waals surface area (Å²) in [5.41, 5.74) is 0.837. The predicted molar refractivity (Wildman–Crippen MR) is 64.7 cm³/mol. The predicted octanol–water partition coefficient (Wildman–Crippen LogP) is 1.11. The second kappa shape index (κ2) is 4.40. The molecular formula is C12H11N3O3. The van der Waals surface area contributed by atoms with Crippen molar-refractivity contribution in [3.63, 3.8) is 0 Å². The molecule has 3 rings (SSSR count). The lowest BCUT2D eigenvalue weighted by Crippen LogP contribution is -2.10. The standard InChI is InChI=1S/C12H11N3O3/c16-11-3-4-13-12(15-11)14-6-8-1-2-9-10(5-8)18-7-17-9/h1-5H,6-7H2,(H2,13,14,15,16). The summed E-state index contributed by atoms with van der Waals surface area (Å²) in [5, 5.41) is 3.03. The summed E-state index contributed by atoms with van der Waals surface area (Å²) < 4.78 is 10.5. The molecule has 0 saturated heterocycles. The second-order valence-electron chi connectivity index (χ2n) is 3.82. The van der Waals surface area contributed by atoms with Gasteiger partial charge in [0.05, 0.1) is 0 Å². The number of ether oxygens (including phenoxy) is 2.